The first kappa shape index (κ1) is 15.0. The number of hydrogen-bond acceptors (Lipinski definition) is 2. The first-order valence-electron chi connectivity index (χ1n) is 3.19. The molecule has 0 rings (SSSR count). The van der Waals surface area contributed by atoms with E-state index in [1.54, 1.807) is 0 Å². The molecule has 11 heteroatoms. The Labute approximate surface area is 88.5 Å². The largest absolute Gasteiger partial charge is 0.404 e. The molecular formula is C5HF7NO2S. The van der Waals surface area contributed by atoms with Gasteiger partial charge in [-0.3, -0.25) is 14.3 Å². The van der Waals surface area contributed by atoms with E-state index in [1.165, 1.54) is 0 Å². The van der Waals surface area contributed by atoms with E-state index in [1.807, 2.05) is 0 Å². The molecule has 0 fully saturated rings. The third kappa shape index (κ3) is 1.95. The monoisotopic (exact) mass is 272 g/mol. The molecule has 0 aromatic heterocycles. The third-order valence-corrected chi connectivity index (χ3v) is 1.60. The van der Waals surface area contributed by atoms with Crippen LogP contribution in [0.25, 0.3) is 0 Å². The SMILES string of the molecule is O=C(F)C(F)(F)C(F)(F)C(F)(F)C(=O)N[S]. The van der Waals surface area contributed by atoms with Crippen molar-refractivity contribution in [2.45, 2.75) is 17.8 Å². The van der Waals surface area contributed by atoms with Gasteiger partial charge in [-0.2, -0.15) is 30.7 Å². The van der Waals surface area contributed by atoms with Crippen molar-refractivity contribution in [3.8, 4) is 0 Å². The molecule has 0 aromatic carbocycles. The summed E-state index contributed by atoms with van der Waals surface area (Å²) in [6, 6.07) is -3.99. The van der Waals surface area contributed by atoms with Crippen molar-refractivity contribution in [2.24, 2.45) is 0 Å². The fourth-order valence-electron chi connectivity index (χ4n) is 0.527. The van der Waals surface area contributed by atoms with E-state index in [9.17, 15) is 40.3 Å². The van der Waals surface area contributed by atoms with Crippen molar-refractivity contribution in [1.82, 2.24) is 4.72 Å². The van der Waals surface area contributed by atoms with Crippen LogP contribution < -0.4 is 4.72 Å². The fourth-order valence-corrected chi connectivity index (χ4v) is 0.655. The van der Waals surface area contributed by atoms with E-state index < -0.39 is 29.7 Å². The summed E-state index contributed by atoms with van der Waals surface area (Å²) >= 11 is 3.44. The number of nitrogens with one attached hydrogen (secondary N) is 1. The number of halogens is 7. The van der Waals surface area contributed by atoms with Crippen LogP contribution in [0.5, 0.6) is 0 Å². The molecular weight excluding hydrogens is 271 g/mol. The van der Waals surface area contributed by atoms with Crippen LogP contribution in [0.15, 0.2) is 0 Å². The first-order valence-corrected chi connectivity index (χ1v) is 3.59. The van der Waals surface area contributed by atoms with Gasteiger partial charge in [-0.05, 0) is 0 Å². The van der Waals surface area contributed by atoms with Crippen molar-refractivity contribution < 1.29 is 40.3 Å². The summed E-state index contributed by atoms with van der Waals surface area (Å²) in [5.74, 6) is -21.8. The van der Waals surface area contributed by atoms with Crippen molar-refractivity contribution in [3.63, 3.8) is 0 Å². The number of hydrogen-bond donors (Lipinski definition) is 1. The minimum Gasteiger partial charge on any atom is -0.284 e. The highest BCUT2D eigenvalue weighted by Gasteiger charge is 2.78. The number of amides is 1. The fraction of sp³-hybridized carbons (Fsp3) is 0.600. The lowest BCUT2D eigenvalue weighted by Crippen LogP contribution is -2.61. The number of carbonyl (C=O) groups is 2. The van der Waals surface area contributed by atoms with Crippen LogP contribution >= 0.6 is 12.8 Å². The average molecular weight is 272 g/mol. The number of carbonyl (C=O) groups excluding carboxylic acids is 2. The van der Waals surface area contributed by atoms with E-state index in [-0.39, 0.29) is 0 Å². The highest BCUT2D eigenvalue weighted by atomic mass is 32.1. The third-order valence-electron chi connectivity index (χ3n) is 1.41. The summed E-state index contributed by atoms with van der Waals surface area (Å²) in [6.07, 6.45) is 0. The molecule has 0 unspecified atom stereocenters. The minimum absolute atomic E-state index is 0.570. The van der Waals surface area contributed by atoms with E-state index in [0.717, 1.165) is 0 Å². The van der Waals surface area contributed by atoms with E-state index in [4.69, 9.17) is 0 Å². The second kappa shape index (κ2) is 4.11. The highest BCUT2D eigenvalue weighted by molar-refractivity contribution is 7.78. The Balaban J connectivity index is 5.51. The molecule has 0 aliphatic carbocycles. The minimum atomic E-state index is -6.53. The van der Waals surface area contributed by atoms with Crippen LogP contribution in [-0.2, 0) is 9.59 Å². The van der Waals surface area contributed by atoms with Gasteiger partial charge in [0.05, 0.1) is 0 Å². The van der Waals surface area contributed by atoms with Crippen LogP contribution in [0, 0.1) is 0 Å². The molecule has 3 nitrogen and oxygen atoms in total. The molecule has 1 radical (unpaired) electrons. The summed E-state index contributed by atoms with van der Waals surface area (Å²) in [7, 11) is 0. The zero-order chi connectivity index (χ0) is 13.4. The highest BCUT2D eigenvalue weighted by Crippen LogP contribution is 2.46. The van der Waals surface area contributed by atoms with Crippen LogP contribution in [-0.4, -0.2) is 29.7 Å². The first-order chi connectivity index (χ1) is 6.92. The van der Waals surface area contributed by atoms with Crippen molar-refractivity contribution in [1.29, 1.82) is 0 Å². The zero-order valence-electron chi connectivity index (χ0n) is 6.87. The second-order valence-corrected chi connectivity index (χ2v) is 2.63. The Kier molecular flexibility index (Phi) is 3.85. The van der Waals surface area contributed by atoms with Crippen molar-refractivity contribution >= 4 is 24.8 Å². The summed E-state index contributed by atoms with van der Waals surface area (Å²) in [5, 5.41) is 0. The standard InChI is InChI=1S/C5HF7NO2S/c6-1(14)3(7,8)5(11,12)4(9,10)2(15)13-16/h(H,13,15). The van der Waals surface area contributed by atoms with E-state index in [0.29, 0.717) is 4.72 Å². The number of rotatable bonds is 4. The quantitative estimate of drug-likeness (QED) is 0.624. The van der Waals surface area contributed by atoms with E-state index >= 15 is 0 Å². The van der Waals surface area contributed by atoms with Gasteiger partial charge in [-0.25, -0.2) is 0 Å². The molecule has 0 saturated heterocycles. The van der Waals surface area contributed by atoms with Gasteiger partial charge < -0.3 is 0 Å². The molecule has 0 aromatic rings. The maximum absolute atomic E-state index is 12.4. The summed E-state index contributed by atoms with van der Waals surface area (Å²) in [6.45, 7) is 0. The van der Waals surface area contributed by atoms with Crippen molar-refractivity contribution in [2.75, 3.05) is 0 Å². The van der Waals surface area contributed by atoms with Gasteiger partial charge >= 0.3 is 29.7 Å². The summed E-state index contributed by atoms with van der Waals surface area (Å²) in [4.78, 5) is 19.6. The van der Waals surface area contributed by atoms with Gasteiger partial charge in [0.2, 0.25) is 0 Å². The predicted molar refractivity (Wildman–Crippen MR) is 36.7 cm³/mol. The molecule has 0 heterocycles. The lowest BCUT2D eigenvalue weighted by Gasteiger charge is -2.28. The lowest BCUT2D eigenvalue weighted by atomic mass is 10.0. The Hall–Kier alpha value is -1.00. The van der Waals surface area contributed by atoms with Gasteiger partial charge in [0.25, 0.3) is 0 Å². The molecule has 0 bridgehead atoms. The molecule has 0 aliphatic rings. The Morgan fingerprint density at radius 2 is 1.31 bits per heavy atom. The Morgan fingerprint density at radius 3 is 1.56 bits per heavy atom. The lowest BCUT2D eigenvalue weighted by molar-refractivity contribution is -0.289. The van der Waals surface area contributed by atoms with Gasteiger partial charge in [-0.1, -0.05) is 0 Å². The second-order valence-electron chi connectivity index (χ2n) is 2.43. The average Bonchev–Trinajstić information content (AvgIpc) is 2.15. The van der Waals surface area contributed by atoms with Crippen LogP contribution in [0.4, 0.5) is 30.7 Å². The van der Waals surface area contributed by atoms with E-state index in [2.05, 4.69) is 12.8 Å². The molecule has 93 valence electrons. The maximum Gasteiger partial charge on any atom is 0.404 e. The zero-order valence-corrected chi connectivity index (χ0v) is 7.69. The predicted octanol–water partition coefficient (Wildman–Crippen LogP) is 1.62. The van der Waals surface area contributed by atoms with Gasteiger partial charge in [0.15, 0.2) is 0 Å². The maximum atomic E-state index is 12.4. The molecule has 0 atom stereocenters. The molecule has 1 N–H and O–H groups in total. The smallest absolute Gasteiger partial charge is 0.284 e. The molecule has 1 amide bonds. The molecule has 0 spiro atoms. The Morgan fingerprint density at radius 1 is 0.938 bits per heavy atom. The van der Waals surface area contributed by atoms with Gasteiger partial charge in [0.1, 0.15) is 0 Å². The van der Waals surface area contributed by atoms with Crippen LogP contribution in [0.1, 0.15) is 0 Å². The molecule has 16 heavy (non-hydrogen) atoms. The van der Waals surface area contributed by atoms with Crippen LogP contribution in [0.3, 0.4) is 0 Å². The Bertz CT molecular complexity index is 318. The summed E-state index contributed by atoms with van der Waals surface area (Å²) < 4.78 is 86.0. The number of alkyl halides is 6. The summed E-state index contributed by atoms with van der Waals surface area (Å²) in [5.41, 5.74) is 0. The topological polar surface area (TPSA) is 46.2 Å². The van der Waals surface area contributed by atoms with Crippen LogP contribution in [0.2, 0.25) is 0 Å². The normalized spacial score (nSPS) is 13.5. The molecule has 0 aliphatic heterocycles. The van der Waals surface area contributed by atoms with Crippen molar-refractivity contribution in [3.05, 3.63) is 0 Å². The van der Waals surface area contributed by atoms with Gasteiger partial charge in [-0.15, -0.1) is 0 Å². The molecule has 0 saturated carbocycles. The van der Waals surface area contributed by atoms with Gasteiger partial charge in [0, 0.05) is 12.8 Å².